The zero-order valence-electron chi connectivity index (χ0n) is 9.64. The van der Waals surface area contributed by atoms with Crippen molar-refractivity contribution in [3.05, 3.63) is 28.8 Å². The maximum absolute atomic E-state index is 11.1. The number of sulfone groups is 1. The first kappa shape index (κ1) is 13.8. The molecule has 0 saturated heterocycles. The van der Waals surface area contributed by atoms with Crippen molar-refractivity contribution < 1.29 is 8.42 Å². The monoisotopic (exact) mass is 272 g/mol. The summed E-state index contributed by atoms with van der Waals surface area (Å²) >= 11 is 5.78. The van der Waals surface area contributed by atoms with Gasteiger partial charge in [-0.15, -0.1) is 0 Å². The Morgan fingerprint density at radius 1 is 1.47 bits per heavy atom. The molecule has 0 amide bonds. The fourth-order valence-electron chi connectivity index (χ4n) is 1.35. The molecule has 0 aliphatic heterocycles. The lowest BCUT2D eigenvalue weighted by atomic mass is 10.2. The predicted octanol–water partition coefficient (Wildman–Crippen LogP) is 1.69. The molecule has 1 aromatic rings. The first-order valence-electron chi connectivity index (χ1n) is 4.92. The van der Waals surface area contributed by atoms with E-state index in [9.17, 15) is 8.42 Å². The van der Waals surface area contributed by atoms with Gasteiger partial charge in [0, 0.05) is 24.9 Å². The van der Waals surface area contributed by atoms with Crippen molar-refractivity contribution in [2.24, 2.45) is 0 Å². The Morgan fingerprint density at radius 3 is 2.65 bits per heavy atom. The Morgan fingerprint density at radius 2 is 2.12 bits per heavy atom. The maximum atomic E-state index is 11.1. The van der Waals surface area contributed by atoms with Crippen LogP contribution in [0.15, 0.2) is 18.2 Å². The number of anilines is 1. The van der Waals surface area contributed by atoms with E-state index >= 15 is 0 Å². The van der Waals surface area contributed by atoms with Crippen LogP contribution in [0.4, 0.5) is 5.69 Å². The van der Waals surface area contributed by atoms with Crippen molar-refractivity contribution in [2.75, 3.05) is 30.5 Å². The molecular formula is C11H13ClN2O2S. The van der Waals surface area contributed by atoms with Crippen LogP contribution >= 0.6 is 11.6 Å². The van der Waals surface area contributed by atoms with Gasteiger partial charge in [0.25, 0.3) is 0 Å². The Hall–Kier alpha value is -1.25. The van der Waals surface area contributed by atoms with E-state index in [1.807, 2.05) is 6.07 Å². The SMILES string of the molecule is CN(CCS(C)(=O)=O)c1ccc(Cl)cc1C#N. The summed E-state index contributed by atoms with van der Waals surface area (Å²) in [5.41, 5.74) is 1.12. The van der Waals surface area contributed by atoms with E-state index in [0.717, 1.165) is 0 Å². The fraction of sp³-hybridized carbons (Fsp3) is 0.364. The van der Waals surface area contributed by atoms with Gasteiger partial charge in [-0.1, -0.05) is 11.6 Å². The van der Waals surface area contributed by atoms with Crippen molar-refractivity contribution in [2.45, 2.75) is 0 Å². The van der Waals surface area contributed by atoms with Crippen LogP contribution in [-0.2, 0) is 9.84 Å². The molecule has 0 unspecified atom stereocenters. The predicted molar refractivity (Wildman–Crippen MR) is 69.1 cm³/mol. The molecule has 6 heteroatoms. The third-order valence-corrected chi connectivity index (χ3v) is 3.45. The summed E-state index contributed by atoms with van der Waals surface area (Å²) < 4.78 is 22.1. The second kappa shape index (κ2) is 5.39. The van der Waals surface area contributed by atoms with Crippen LogP contribution in [0.5, 0.6) is 0 Å². The molecule has 0 aromatic heterocycles. The van der Waals surface area contributed by atoms with Crippen LogP contribution in [0, 0.1) is 11.3 Å². The van der Waals surface area contributed by atoms with Crippen molar-refractivity contribution in [3.8, 4) is 6.07 Å². The van der Waals surface area contributed by atoms with Gasteiger partial charge in [-0.25, -0.2) is 8.42 Å². The van der Waals surface area contributed by atoms with Crippen LogP contribution in [0.1, 0.15) is 5.56 Å². The number of hydrogen-bond acceptors (Lipinski definition) is 4. The van der Waals surface area contributed by atoms with E-state index < -0.39 is 9.84 Å². The number of nitrogens with zero attached hydrogens (tertiary/aromatic N) is 2. The first-order valence-corrected chi connectivity index (χ1v) is 7.36. The Balaban J connectivity index is 2.90. The van der Waals surface area contributed by atoms with Crippen LogP contribution < -0.4 is 4.90 Å². The zero-order valence-corrected chi connectivity index (χ0v) is 11.2. The molecule has 0 atom stereocenters. The molecule has 0 saturated carbocycles. The molecule has 17 heavy (non-hydrogen) atoms. The van der Waals surface area contributed by atoms with Crippen LogP contribution in [-0.4, -0.2) is 34.0 Å². The molecule has 0 N–H and O–H groups in total. The Bertz CT molecular complexity index is 549. The largest absolute Gasteiger partial charge is 0.373 e. The molecule has 0 radical (unpaired) electrons. The van der Waals surface area contributed by atoms with Crippen molar-refractivity contribution >= 4 is 27.1 Å². The smallest absolute Gasteiger partial charge is 0.149 e. The molecule has 0 spiro atoms. The van der Waals surface area contributed by atoms with E-state index in [2.05, 4.69) is 0 Å². The summed E-state index contributed by atoms with van der Waals surface area (Å²) in [5.74, 6) is 0.0526. The molecule has 4 nitrogen and oxygen atoms in total. The molecule has 92 valence electrons. The third-order valence-electron chi connectivity index (χ3n) is 2.29. The fourth-order valence-corrected chi connectivity index (χ4v) is 2.13. The van der Waals surface area contributed by atoms with E-state index in [4.69, 9.17) is 16.9 Å². The van der Waals surface area contributed by atoms with Gasteiger partial charge in [-0.05, 0) is 18.2 Å². The zero-order chi connectivity index (χ0) is 13.1. The molecule has 0 heterocycles. The van der Waals surface area contributed by atoms with E-state index in [1.165, 1.54) is 6.26 Å². The highest BCUT2D eigenvalue weighted by molar-refractivity contribution is 7.90. The first-order chi connectivity index (χ1) is 7.83. The summed E-state index contributed by atoms with van der Waals surface area (Å²) in [6.45, 7) is 0.342. The van der Waals surface area contributed by atoms with Gasteiger partial charge < -0.3 is 4.90 Å². The number of hydrogen-bond donors (Lipinski definition) is 0. The molecule has 1 rings (SSSR count). The molecule has 0 bridgehead atoms. The summed E-state index contributed by atoms with van der Waals surface area (Å²) in [6.07, 6.45) is 1.19. The van der Waals surface area contributed by atoms with Gasteiger partial charge in [0.15, 0.2) is 0 Å². The lowest BCUT2D eigenvalue weighted by Gasteiger charge is -2.20. The van der Waals surface area contributed by atoms with Gasteiger partial charge in [0.1, 0.15) is 15.9 Å². The Labute approximate surface area is 106 Å². The van der Waals surface area contributed by atoms with Gasteiger partial charge in [-0.2, -0.15) is 5.26 Å². The van der Waals surface area contributed by atoms with Crippen molar-refractivity contribution in [3.63, 3.8) is 0 Å². The summed E-state index contributed by atoms with van der Waals surface area (Å²) in [5, 5.41) is 9.45. The number of benzene rings is 1. The van der Waals surface area contributed by atoms with Crippen molar-refractivity contribution in [1.82, 2.24) is 0 Å². The van der Waals surface area contributed by atoms with E-state index in [0.29, 0.717) is 22.8 Å². The van der Waals surface area contributed by atoms with Crippen LogP contribution in [0.2, 0.25) is 5.02 Å². The van der Waals surface area contributed by atoms with E-state index in [-0.39, 0.29) is 5.75 Å². The molecular weight excluding hydrogens is 260 g/mol. The molecule has 0 aliphatic rings. The van der Waals surface area contributed by atoms with E-state index in [1.54, 1.807) is 30.1 Å². The molecule has 0 fully saturated rings. The number of halogens is 1. The maximum Gasteiger partial charge on any atom is 0.149 e. The van der Waals surface area contributed by atoms with Crippen LogP contribution in [0.3, 0.4) is 0 Å². The quantitative estimate of drug-likeness (QED) is 0.837. The van der Waals surface area contributed by atoms with Gasteiger partial charge >= 0.3 is 0 Å². The minimum Gasteiger partial charge on any atom is -0.373 e. The Kier molecular flexibility index (Phi) is 4.38. The summed E-state index contributed by atoms with van der Waals surface area (Å²) in [7, 11) is -1.26. The highest BCUT2D eigenvalue weighted by atomic mass is 35.5. The van der Waals surface area contributed by atoms with Gasteiger partial charge in [0.2, 0.25) is 0 Å². The molecule has 1 aromatic carbocycles. The lowest BCUT2D eigenvalue weighted by molar-refractivity contribution is 0.601. The minimum atomic E-state index is -3.01. The summed E-state index contributed by atoms with van der Waals surface area (Å²) in [6, 6.07) is 6.99. The second-order valence-corrected chi connectivity index (χ2v) is 6.52. The summed E-state index contributed by atoms with van der Waals surface area (Å²) in [4.78, 5) is 1.73. The second-order valence-electron chi connectivity index (χ2n) is 3.82. The number of nitriles is 1. The topological polar surface area (TPSA) is 61.2 Å². The third kappa shape index (κ3) is 4.25. The van der Waals surface area contributed by atoms with Gasteiger partial charge in [-0.3, -0.25) is 0 Å². The molecule has 0 aliphatic carbocycles. The average molecular weight is 273 g/mol. The van der Waals surface area contributed by atoms with Crippen LogP contribution in [0.25, 0.3) is 0 Å². The lowest BCUT2D eigenvalue weighted by Crippen LogP contribution is -2.25. The van der Waals surface area contributed by atoms with Crippen molar-refractivity contribution in [1.29, 1.82) is 5.26 Å². The average Bonchev–Trinajstić information content (AvgIpc) is 2.24. The standard InChI is InChI=1S/C11H13ClN2O2S/c1-14(5-6-17(2,15)16)11-4-3-10(12)7-9(11)8-13/h3-4,7H,5-6H2,1-2H3. The van der Waals surface area contributed by atoms with Gasteiger partial charge in [0.05, 0.1) is 17.0 Å². The minimum absolute atomic E-state index is 0.0526. The highest BCUT2D eigenvalue weighted by Crippen LogP contribution is 2.22. The normalized spacial score (nSPS) is 10.9. The highest BCUT2D eigenvalue weighted by Gasteiger charge is 2.10. The number of rotatable bonds is 4.